The first-order valence-electron chi connectivity index (χ1n) is 9.57. The van der Waals surface area contributed by atoms with Crippen LogP contribution in [0.5, 0.6) is 11.5 Å². The molecule has 0 spiro atoms. The molecule has 2 aliphatic rings. The van der Waals surface area contributed by atoms with Crippen molar-refractivity contribution in [1.82, 2.24) is 4.90 Å². The van der Waals surface area contributed by atoms with Crippen molar-refractivity contribution >= 4 is 11.6 Å². The lowest BCUT2D eigenvalue weighted by Crippen LogP contribution is -2.42. The Morgan fingerprint density at radius 3 is 2.52 bits per heavy atom. The molecular weight excluding hydrogens is 362 g/mol. The third-order valence-electron chi connectivity index (χ3n) is 5.80. The Morgan fingerprint density at radius 1 is 1.04 bits per heavy atom. The van der Waals surface area contributed by atoms with E-state index in [0.717, 1.165) is 37.5 Å². The zero-order valence-electron chi connectivity index (χ0n) is 15.6. The number of para-hydroxylation sites is 2. The zero-order chi connectivity index (χ0) is 18.8. The van der Waals surface area contributed by atoms with E-state index < -0.39 is 6.10 Å². The Hall–Kier alpha value is -1.75. The molecule has 0 unspecified atom stereocenters. The van der Waals surface area contributed by atoms with Crippen LogP contribution < -0.4 is 9.47 Å². The lowest BCUT2D eigenvalue weighted by molar-refractivity contribution is -0.0240. The highest BCUT2D eigenvalue weighted by molar-refractivity contribution is 6.30. The van der Waals surface area contributed by atoms with Crippen LogP contribution in [0.1, 0.15) is 18.4 Å². The third kappa shape index (κ3) is 4.23. The van der Waals surface area contributed by atoms with E-state index in [9.17, 15) is 5.11 Å². The maximum absolute atomic E-state index is 10.7. The van der Waals surface area contributed by atoms with Crippen LogP contribution in [0.4, 0.5) is 0 Å². The number of benzene rings is 2. The molecule has 27 heavy (non-hydrogen) atoms. The average Bonchev–Trinajstić information content (AvgIpc) is 3.03. The van der Waals surface area contributed by atoms with Crippen molar-refractivity contribution in [1.29, 1.82) is 0 Å². The lowest BCUT2D eigenvalue weighted by Gasteiger charge is -2.35. The molecule has 0 bridgehead atoms. The third-order valence-corrected chi connectivity index (χ3v) is 6.04. The Labute approximate surface area is 165 Å². The lowest BCUT2D eigenvalue weighted by atomic mass is 9.78. The standard InChI is InChI=1S/C22H26ClNO3/c1-26-20-7-2-3-8-21(20)27-22-11-17-14-24(13-16(17)10-19(22)25)12-15-5-4-6-18(23)9-15/h2-9,16-17,19,22,25H,10-14H2,1H3/t16-,17+,19+,22+/m0/s1. The number of methoxy groups -OCH3 is 1. The fourth-order valence-corrected chi connectivity index (χ4v) is 4.73. The van der Waals surface area contributed by atoms with Gasteiger partial charge in [-0.05, 0) is 54.5 Å². The van der Waals surface area contributed by atoms with Crippen molar-refractivity contribution in [2.75, 3.05) is 20.2 Å². The predicted octanol–water partition coefficient (Wildman–Crippen LogP) is 4.00. The molecule has 1 aliphatic carbocycles. The fraction of sp³-hybridized carbons (Fsp3) is 0.455. The van der Waals surface area contributed by atoms with Gasteiger partial charge in [0.05, 0.1) is 13.2 Å². The van der Waals surface area contributed by atoms with Crippen LogP contribution in [0, 0.1) is 11.8 Å². The van der Waals surface area contributed by atoms with E-state index in [1.165, 1.54) is 5.56 Å². The maximum atomic E-state index is 10.7. The number of hydrogen-bond acceptors (Lipinski definition) is 4. The molecule has 144 valence electrons. The maximum Gasteiger partial charge on any atom is 0.161 e. The van der Waals surface area contributed by atoms with E-state index in [0.29, 0.717) is 23.3 Å². The van der Waals surface area contributed by atoms with Crippen molar-refractivity contribution in [2.24, 2.45) is 11.8 Å². The summed E-state index contributed by atoms with van der Waals surface area (Å²) in [5.74, 6) is 2.49. The summed E-state index contributed by atoms with van der Waals surface area (Å²) in [5, 5.41) is 11.4. The number of nitrogens with zero attached hydrogens (tertiary/aromatic N) is 1. The van der Waals surface area contributed by atoms with Gasteiger partial charge < -0.3 is 14.6 Å². The highest BCUT2D eigenvalue weighted by Crippen LogP contribution is 2.39. The number of likely N-dealkylation sites (tertiary alicyclic amines) is 1. The quantitative estimate of drug-likeness (QED) is 0.842. The minimum Gasteiger partial charge on any atom is -0.493 e. The van der Waals surface area contributed by atoms with Gasteiger partial charge in [0.2, 0.25) is 0 Å². The first-order valence-corrected chi connectivity index (χ1v) is 9.94. The molecule has 2 aromatic rings. The van der Waals surface area contributed by atoms with Crippen molar-refractivity contribution in [2.45, 2.75) is 31.6 Å². The van der Waals surface area contributed by atoms with Crippen molar-refractivity contribution in [3.05, 3.63) is 59.1 Å². The van der Waals surface area contributed by atoms with E-state index in [-0.39, 0.29) is 6.10 Å². The average molecular weight is 388 g/mol. The van der Waals surface area contributed by atoms with E-state index >= 15 is 0 Å². The molecule has 2 fully saturated rings. The molecule has 4 nitrogen and oxygen atoms in total. The van der Waals surface area contributed by atoms with E-state index in [1.807, 2.05) is 42.5 Å². The topological polar surface area (TPSA) is 41.9 Å². The summed E-state index contributed by atoms with van der Waals surface area (Å²) in [6, 6.07) is 15.7. The van der Waals surface area contributed by atoms with Gasteiger partial charge in [0.15, 0.2) is 11.5 Å². The second kappa shape index (κ2) is 8.09. The predicted molar refractivity (Wildman–Crippen MR) is 106 cm³/mol. The van der Waals surface area contributed by atoms with E-state index in [4.69, 9.17) is 21.1 Å². The van der Waals surface area contributed by atoms with Gasteiger partial charge in [0.25, 0.3) is 0 Å². The van der Waals surface area contributed by atoms with Gasteiger partial charge in [-0.2, -0.15) is 0 Å². The number of ether oxygens (including phenoxy) is 2. The Morgan fingerprint density at radius 2 is 1.78 bits per heavy atom. The smallest absolute Gasteiger partial charge is 0.161 e. The van der Waals surface area contributed by atoms with Crippen LogP contribution >= 0.6 is 11.6 Å². The minimum absolute atomic E-state index is 0.186. The van der Waals surface area contributed by atoms with Crippen LogP contribution in [0.25, 0.3) is 0 Å². The van der Waals surface area contributed by atoms with Crippen LogP contribution in [-0.4, -0.2) is 42.4 Å². The van der Waals surface area contributed by atoms with Gasteiger partial charge in [0.1, 0.15) is 6.10 Å². The number of halogens is 1. The first-order chi connectivity index (χ1) is 13.1. The summed E-state index contributed by atoms with van der Waals surface area (Å²) in [6.45, 7) is 2.97. The number of fused-ring (bicyclic) bond motifs is 1. The largest absolute Gasteiger partial charge is 0.493 e. The Balaban J connectivity index is 1.40. The van der Waals surface area contributed by atoms with Crippen molar-refractivity contribution in [3.8, 4) is 11.5 Å². The van der Waals surface area contributed by atoms with Crippen molar-refractivity contribution < 1.29 is 14.6 Å². The molecule has 1 saturated heterocycles. The molecule has 4 atom stereocenters. The van der Waals surface area contributed by atoms with Crippen molar-refractivity contribution in [3.63, 3.8) is 0 Å². The molecule has 0 aromatic heterocycles. The summed E-state index contributed by atoms with van der Waals surface area (Å²) in [4.78, 5) is 2.47. The number of aliphatic hydroxyl groups excluding tert-OH is 1. The van der Waals surface area contributed by atoms with E-state index in [2.05, 4.69) is 11.0 Å². The second-order valence-corrected chi connectivity index (χ2v) is 8.13. The second-order valence-electron chi connectivity index (χ2n) is 7.69. The first kappa shape index (κ1) is 18.6. The highest BCUT2D eigenvalue weighted by atomic mass is 35.5. The van der Waals surface area contributed by atoms with Crippen LogP contribution in [0.15, 0.2) is 48.5 Å². The molecule has 0 radical (unpaired) electrons. The highest BCUT2D eigenvalue weighted by Gasteiger charge is 2.42. The number of rotatable bonds is 5. The van der Waals surface area contributed by atoms with Gasteiger partial charge in [0, 0.05) is 24.7 Å². The number of aliphatic hydroxyl groups is 1. The normalized spacial score (nSPS) is 28.0. The summed E-state index contributed by atoms with van der Waals surface area (Å²) in [6.07, 6.45) is 1.03. The van der Waals surface area contributed by atoms with Crippen LogP contribution in [0.2, 0.25) is 5.02 Å². The minimum atomic E-state index is -0.442. The van der Waals surface area contributed by atoms with E-state index in [1.54, 1.807) is 7.11 Å². The zero-order valence-corrected chi connectivity index (χ0v) is 16.3. The molecule has 5 heteroatoms. The summed E-state index contributed by atoms with van der Waals surface area (Å²) in [5.41, 5.74) is 1.24. The van der Waals surface area contributed by atoms with Gasteiger partial charge in [-0.3, -0.25) is 4.90 Å². The fourth-order valence-electron chi connectivity index (χ4n) is 4.52. The summed E-state index contributed by atoms with van der Waals surface area (Å²) < 4.78 is 11.5. The number of hydrogen-bond donors (Lipinski definition) is 1. The SMILES string of the molecule is COc1ccccc1O[C@@H]1C[C@@H]2CN(Cc3cccc(Cl)c3)C[C@@H]2C[C@H]1O. The molecule has 4 rings (SSSR count). The summed E-state index contributed by atoms with van der Waals surface area (Å²) >= 11 is 6.11. The molecule has 2 aromatic carbocycles. The molecule has 0 amide bonds. The van der Waals surface area contributed by atoms with Gasteiger partial charge >= 0.3 is 0 Å². The Bertz CT molecular complexity index is 784. The molecule has 1 saturated carbocycles. The van der Waals surface area contributed by atoms with Crippen LogP contribution in [0.3, 0.4) is 0 Å². The van der Waals surface area contributed by atoms with Gasteiger partial charge in [-0.15, -0.1) is 0 Å². The monoisotopic (exact) mass is 387 g/mol. The molecular formula is C22H26ClNO3. The van der Waals surface area contributed by atoms with Crippen LogP contribution in [-0.2, 0) is 6.54 Å². The van der Waals surface area contributed by atoms with Gasteiger partial charge in [-0.1, -0.05) is 35.9 Å². The van der Waals surface area contributed by atoms with Gasteiger partial charge in [-0.25, -0.2) is 0 Å². The Kier molecular flexibility index (Phi) is 5.58. The summed E-state index contributed by atoms with van der Waals surface area (Å²) in [7, 11) is 1.64. The molecule has 1 N–H and O–H groups in total. The molecule has 1 heterocycles. The molecule has 1 aliphatic heterocycles.